The van der Waals surface area contributed by atoms with Crippen LogP contribution >= 0.6 is 23.8 Å². The average Bonchev–Trinajstić information content (AvgIpc) is 2.63. The summed E-state index contributed by atoms with van der Waals surface area (Å²) in [6.45, 7) is 3.34. The lowest BCUT2D eigenvalue weighted by Gasteiger charge is -2.24. The molecule has 1 heterocycles. The predicted octanol–water partition coefficient (Wildman–Crippen LogP) is 2.96. The van der Waals surface area contributed by atoms with Gasteiger partial charge in [-0.3, -0.25) is 0 Å². The molecule has 1 aliphatic heterocycles. The first-order valence-electron chi connectivity index (χ1n) is 5.45. The summed E-state index contributed by atoms with van der Waals surface area (Å²) in [5.41, 5.74) is 7.50. The lowest BCUT2D eigenvalue weighted by molar-refractivity contribution is 0.735. The van der Waals surface area contributed by atoms with Crippen molar-refractivity contribution in [2.24, 2.45) is 5.73 Å². The molecule has 0 bridgehead atoms. The Kier molecular flexibility index (Phi) is 3.36. The van der Waals surface area contributed by atoms with E-state index in [2.05, 4.69) is 11.8 Å². The summed E-state index contributed by atoms with van der Waals surface area (Å²) < 4.78 is 0. The monoisotopic (exact) mass is 254 g/mol. The predicted molar refractivity (Wildman–Crippen MR) is 73.4 cm³/mol. The van der Waals surface area contributed by atoms with Crippen LogP contribution in [0, 0.1) is 0 Å². The number of benzene rings is 1. The molecule has 2 nitrogen and oxygen atoms in total. The molecule has 0 radical (unpaired) electrons. The number of thiocarbonyl (C=S) groups is 1. The normalized spacial score (nSPS) is 20.1. The summed E-state index contributed by atoms with van der Waals surface area (Å²) in [7, 11) is 0. The third kappa shape index (κ3) is 2.15. The van der Waals surface area contributed by atoms with Gasteiger partial charge in [0.1, 0.15) is 4.99 Å². The van der Waals surface area contributed by atoms with Gasteiger partial charge in [0.15, 0.2) is 0 Å². The summed E-state index contributed by atoms with van der Waals surface area (Å²) in [5.74, 6) is 0. The van der Waals surface area contributed by atoms with Crippen molar-refractivity contribution in [2.75, 3.05) is 11.4 Å². The summed E-state index contributed by atoms with van der Waals surface area (Å²) in [5, 5.41) is 0.643. The minimum atomic E-state index is 0.353. The number of halogens is 1. The average molecular weight is 255 g/mol. The van der Waals surface area contributed by atoms with Crippen molar-refractivity contribution < 1.29 is 0 Å². The Morgan fingerprint density at radius 3 is 2.81 bits per heavy atom. The zero-order chi connectivity index (χ0) is 11.7. The van der Waals surface area contributed by atoms with Crippen molar-refractivity contribution in [3.05, 3.63) is 28.8 Å². The molecule has 0 spiro atoms. The van der Waals surface area contributed by atoms with Crippen molar-refractivity contribution in [2.45, 2.75) is 25.8 Å². The molecule has 2 N–H and O–H groups in total. The molecule has 0 amide bonds. The van der Waals surface area contributed by atoms with Gasteiger partial charge in [-0.25, -0.2) is 0 Å². The highest BCUT2D eigenvalue weighted by Crippen LogP contribution is 2.29. The maximum atomic E-state index is 6.16. The van der Waals surface area contributed by atoms with Crippen LogP contribution in [0.4, 0.5) is 5.69 Å². The molecular formula is C12H15ClN2S. The van der Waals surface area contributed by atoms with Crippen LogP contribution in [0.25, 0.3) is 0 Å². The number of anilines is 1. The van der Waals surface area contributed by atoms with E-state index in [9.17, 15) is 0 Å². The zero-order valence-electron chi connectivity index (χ0n) is 9.24. The van der Waals surface area contributed by atoms with E-state index in [4.69, 9.17) is 29.6 Å². The van der Waals surface area contributed by atoms with Gasteiger partial charge in [0.2, 0.25) is 0 Å². The number of hydrogen-bond acceptors (Lipinski definition) is 2. The Morgan fingerprint density at radius 1 is 1.56 bits per heavy atom. The van der Waals surface area contributed by atoms with Gasteiger partial charge in [-0.1, -0.05) is 23.8 Å². The Hall–Kier alpha value is -0.800. The minimum Gasteiger partial charge on any atom is -0.389 e. The molecule has 1 atom stereocenters. The molecule has 86 valence electrons. The molecule has 0 aliphatic carbocycles. The molecule has 1 aromatic carbocycles. The maximum Gasteiger partial charge on any atom is 0.105 e. The van der Waals surface area contributed by atoms with Gasteiger partial charge in [0, 0.05) is 23.8 Å². The van der Waals surface area contributed by atoms with E-state index in [1.165, 1.54) is 12.8 Å². The van der Waals surface area contributed by atoms with Gasteiger partial charge in [0.05, 0.1) is 5.02 Å². The van der Waals surface area contributed by atoms with E-state index in [1.54, 1.807) is 0 Å². The molecule has 0 saturated carbocycles. The van der Waals surface area contributed by atoms with Crippen LogP contribution in [0.2, 0.25) is 5.02 Å². The summed E-state index contributed by atoms with van der Waals surface area (Å²) in [6.07, 6.45) is 2.49. The summed E-state index contributed by atoms with van der Waals surface area (Å²) in [6, 6.07) is 6.50. The van der Waals surface area contributed by atoms with Gasteiger partial charge in [-0.2, -0.15) is 0 Å². The molecule has 1 fully saturated rings. The smallest absolute Gasteiger partial charge is 0.105 e. The molecule has 1 saturated heterocycles. The highest BCUT2D eigenvalue weighted by Gasteiger charge is 2.21. The zero-order valence-corrected chi connectivity index (χ0v) is 10.8. The van der Waals surface area contributed by atoms with E-state index < -0.39 is 0 Å². The first-order valence-corrected chi connectivity index (χ1v) is 6.24. The Morgan fingerprint density at radius 2 is 2.31 bits per heavy atom. The van der Waals surface area contributed by atoms with E-state index in [0.717, 1.165) is 17.8 Å². The second kappa shape index (κ2) is 4.60. The third-order valence-corrected chi connectivity index (χ3v) is 3.64. The SMILES string of the molecule is CC1CCCN1c1ccc(C(N)=S)c(Cl)c1. The second-order valence-electron chi connectivity index (χ2n) is 4.21. The lowest BCUT2D eigenvalue weighted by Crippen LogP contribution is -2.26. The van der Waals surface area contributed by atoms with Gasteiger partial charge in [-0.15, -0.1) is 0 Å². The first-order chi connectivity index (χ1) is 7.59. The molecule has 1 aliphatic rings. The molecule has 1 unspecified atom stereocenters. The largest absolute Gasteiger partial charge is 0.389 e. The second-order valence-corrected chi connectivity index (χ2v) is 5.06. The third-order valence-electron chi connectivity index (χ3n) is 3.10. The van der Waals surface area contributed by atoms with E-state index in [1.807, 2.05) is 18.2 Å². The van der Waals surface area contributed by atoms with Crippen molar-refractivity contribution in [3.63, 3.8) is 0 Å². The summed E-state index contributed by atoms with van der Waals surface area (Å²) >= 11 is 11.1. The molecule has 4 heteroatoms. The Balaban J connectivity index is 2.30. The van der Waals surface area contributed by atoms with E-state index in [0.29, 0.717) is 16.1 Å². The number of nitrogens with two attached hydrogens (primary N) is 1. The first kappa shape index (κ1) is 11.7. The van der Waals surface area contributed by atoms with Gasteiger partial charge >= 0.3 is 0 Å². The van der Waals surface area contributed by atoms with Crippen molar-refractivity contribution in [3.8, 4) is 0 Å². The molecule has 1 aromatic rings. The Bertz CT molecular complexity index is 419. The van der Waals surface area contributed by atoms with Crippen molar-refractivity contribution >= 4 is 34.5 Å². The van der Waals surface area contributed by atoms with Crippen LogP contribution in [-0.2, 0) is 0 Å². The van der Waals surface area contributed by atoms with E-state index in [-0.39, 0.29) is 0 Å². The molecule has 16 heavy (non-hydrogen) atoms. The van der Waals surface area contributed by atoms with Gasteiger partial charge in [0.25, 0.3) is 0 Å². The highest BCUT2D eigenvalue weighted by molar-refractivity contribution is 7.80. The lowest BCUT2D eigenvalue weighted by atomic mass is 10.2. The fraction of sp³-hybridized carbons (Fsp3) is 0.417. The van der Waals surface area contributed by atoms with Crippen molar-refractivity contribution in [1.82, 2.24) is 0 Å². The number of rotatable bonds is 2. The van der Waals surface area contributed by atoms with Crippen LogP contribution in [0.15, 0.2) is 18.2 Å². The fourth-order valence-electron chi connectivity index (χ4n) is 2.20. The molecule has 2 rings (SSSR count). The van der Waals surface area contributed by atoms with Crippen LogP contribution < -0.4 is 10.6 Å². The maximum absolute atomic E-state index is 6.16. The minimum absolute atomic E-state index is 0.353. The topological polar surface area (TPSA) is 29.3 Å². The number of nitrogens with zero attached hydrogens (tertiary/aromatic N) is 1. The Labute approximate surface area is 106 Å². The van der Waals surface area contributed by atoms with Crippen LogP contribution in [0.5, 0.6) is 0 Å². The van der Waals surface area contributed by atoms with Gasteiger partial charge < -0.3 is 10.6 Å². The number of hydrogen-bond donors (Lipinski definition) is 1. The fourth-order valence-corrected chi connectivity index (χ4v) is 2.71. The summed E-state index contributed by atoms with van der Waals surface area (Å²) in [4.78, 5) is 2.72. The van der Waals surface area contributed by atoms with Crippen molar-refractivity contribution in [1.29, 1.82) is 0 Å². The van der Waals surface area contributed by atoms with Gasteiger partial charge in [-0.05, 0) is 38.0 Å². The van der Waals surface area contributed by atoms with Crippen LogP contribution in [0.1, 0.15) is 25.3 Å². The molecular weight excluding hydrogens is 240 g/mol. The van der Waals surface area contributed by atoms with E-state index >= 15 is 0 Å². The quantitative estimate of drug-likeness (QED) is 0.823. The van der Waals surface area contributed by atoms with Crippen LogP contribution in [0.3, 0.4) is 0 Å². The highest BCUT2D eigenvalue weighted by atomic mass is 35.5. The standard InChI is InChI=1S/C12H15ClN2S/c1-8-3-2-6-15(8)9-4-5-10(12(14)16)11(13)7-9/h4-5,7-8H,2-3,6H2,1H3,(H2,14,16). The van der Waals surface area contributed by atoms with Crippen LogP contribution in [-0.4, -0.2) is 17.6 Å². The molecule has 0 aromatic heterocycles.